The summed E-state index contributed by atoms with van der Waals surface area (Å²) in [5, 5.41) is 10.0. The number of aliphatic hydroxyl groups excluding tert-OH is 1. The lowest BCUT2D eigenvalue weighted by Crippen LogP contribution is -2.07. The molecule has 1 N–H and O–H groups in total. The summed E-state index contributed by atoms with van der Waals surface area (Å²) in [5.74, 6) is 0.725. The zero-order valence-corrected chi connectivity index (χ0v) is 11.0. The Morgan fingerprint density at radius 3 is 2.82 bits per heavy atom. The van der Waals surface area contributed by atoms with Crippen molar-refractivity contribution in [2.75, 3.05) is 0 Å². The molecule has 0 amide bonds. The highest BCUT2D eigenvalue weighted by atomic mass is 16.3. The van der Waals surface area contributed by atoms with Crippen molar-refractivity contribution in [3.05, 3.63) is 40.5 Å². The van der Waals surface area contributed by atoms with Crippen LogP contribution in [0.3, 0.4) is 0 Å². The molecule has 0 aromatic heterocycles. The Balaban J connectivity index is 2.37. The van der Waals surface area contributed by atoms with Gasteiger partial charge in [-0.2, -0.15) is 0 Å². The van der Waals surface area contributed by atoms with Gasteiger partial charge in [0, 0.05) is 0 Å². The molecule has 1 aliphatic rings. The van der Waals surface area contributed by atoms with Gasteiger partial charge in [0.1, 0.15) is 0 Å². The summed E-state index contributed by atoms with van der Waals surface area (Å²) >= 11 is 0. The first kappa shape index (κ1) is 12.4. The highest BCUT2D eigenvalue weighted by Gasteiger charge is 2.17. The molecular weight excluding hydrogens is 208 g/mol. The standard InChI is InChI=1S/C16H22O/c1-11(2)7-9-13-12(3)8-10-15-14(13)5-4-6-16(15)17/h4-5,8,10-11,16-17H,6-7,9H2,1-3H3. The van der Waals surface area contributed by atoms with E-state index in [9.17, 15) is 5.11 Å². The van der Waals surface area contributed by atoms with Crippen LogP contribution >= 0.6 is 0 Å². The van der Waals surface area contributed by atoms with Gasteiger partial charge in [0.05, 0.1) is 6.10 Å². The van der Waals surface area contributed by atoms with E-state index in [1.165, 1.54) is 23.1 Å². The zero-order valence-electron chi connectivity index (χ0n) is 11.0. The Bertz CT molecular complexity index is 429. The van der Waals surface area contributed by atoms with Crippen molar-refractivity contribution in [1.82, 2.24) is 0 Å². The van der Waals surface area contributed by atoms with Gasteiger partial charge in [-0.05, 0) is 54.4 Å². The Kier molecular flexibility index (Phi) is 3.68. The zero-order chi connectivity index (χ0) is 12.4. The van der Waals surface area contributed by atoms with Crippen molar-refractivity contribution in [3.8, 4) is 0 Å². The van der Waals surface area contributed by atoms with Crippen LogP contribution in [0.25, 0.3) is 6.08 Å². The molecular formula is C16H22O. The second-order valence-electron chi connectivity index (χ2n) is 5.45. The fourth-order valence-electron chi connectivity index (χ4n) is 2.49. The number of aryl methyl sites for hydroxylation is 1. The summed E-state index contributed by atoms with van der Waals surface area (Å²) < 4.78 is 0. The van der Waals surface area contributed by atoms with Crippen LogP contribution in [0.15, 0.2) is 18.2 Å². The van der Waals surface area contributed by atoms with Gasteiger partial charge in [0.25, 0.3) is 0 Å². The Hall–Kier alpha value is -1.08. The number of rotatable bonds is 3. The third-order valence-electron chi connectivity index (χ3n) is 3.60. The van der Waals surface area contributed by atoms with Gasteiger partial charge in [-0.3, -0.25) is 0 Å². The fourth-order valence-corrected chi connectivity index (χ4v) is 2.49. The van der Waals surface area contributed by atoms with E-state index in [1.54, 1.807) is 0 Å². The predicted octanol–water partition coefficient (Wildman–Crippen LogP) is 4.03. The van der Waals surface area contributed by atoms with Gasteiger partial charge >= 0.3 is 0 Å². The average molecular weight is 230 g/mol. The lowest BCUT2D eigenvalue weighted by Gasteiger charge is -2.21. The summed E-state index contributed by atoms with van der Waals surface area (Å²) in [4.78, 5) is 0. The summed E-state index contributed by atoms with van der Waals surface area (Å²) in [6.45, 7) is 6.69. The minimum atomic E-state index is -0.312. The first-order valence-corrected chi connectivity index (χ1v) is 6.56. The molecule has 1 aromatic carbocycles. The lowest BCUT2D eigenvalue weighted by molar-refractivity contribution is 0.180. The monoisotopic (exact) mass is 230 g/mol. The van der Waals surface area contributed by atoms with Crippen molar-refractivity contribution in [1.29, 1.82) is 0 Å². The summed E-state index contributed by atoms with van der Waals surface area (Å²) in [7, 11) is 0. The van der Waals surface area contributed by atoms with Crippen LogP contribution in [0.2, 0.25) is 0 Å². The van der Waals surface area contributed by atoms with E-state index >= 15 is 0 Å². The second-order valence-corrected chi connectivity index (χ2v) is 5.45. The molecule has 92 valence electrons. The van der Waals surface area contributed by atoms with E-state index in [-0.39, 0.29) is 6.10 Å². The molecule has 2 rings (SSSR count). The highest BCUT2D eigenvalue weighted by Crippen LogP contribution is 2.32. The van der Waals surface area contributed by atoms with Gasteiger partial charge in [-0.1, -0.05) is 38.1 Å². The van der Waals surface area contributed by atoms with Gasteiger partial charge in [-0.25, -0.2) is 0 Å². The Morgan fingerprint density at radius 1 is 1.35 bits per heavy atom. The molecule has 1 aliphatic carbocycles. The highest BCUT2D eigenvalue weighted by molar-refractivity contribution is 5.62. The third kappa shape index (κ3) is 2.61. The number of fused-ring (bicyclic) bond motifs is 1. The molecule has 1 aromatic rings. The Morgan fingerprint density at radius 2 is 2.12 bits per heavy atom. The molecule has 1 unspecified atom stereocenters. The van der Waals surface area contributed by atoms with E-state index < -0.39 is 0 Å². The summed E-state index contributed by atoms with van der Waals surface area (Å²) in [6.07, 6.45) is 7.04. The van der Waals surface area contributed by atoms with Crippen molar-refractivity contribution in [3.63, 3.8) is 0 Å². The molecule has 0 saturated heterocycles. The normalized spacial score (nSPS) is 18.5. The molecule has 0 bridgehead atoms. The van der Waals surface area contributed by atoms with Crippen LogP contribution in [0.1, 0.15) is 55.0 Å². The van der Waals surface area contributed by atoms with Gasteiger partial charge in [-0.15, -0.1) is 0 Å². The van der Waals surface area contributed by atoms with Crippen LogP contribution < -0.4 is 0 Å². The quantitative estimate of drug-likeness (QED) is 0.831. The van der Waals surface area contributed by atoms with Crippen LogP contribution in [0.4, 0.5) is 0 Å². The molecule has 0 heterocycles. The topological polar surface area (TPSA) is 20.2 Å². The smallest absolute Gasteiger partial charge is 0.0830 e. The molecule has 0 radical (unpaired) electrons. The molecule has 0 aliphatic heterocycles. The number of benzene rings is 1. The molecule has 17 heavy (non-hydrogen) atoms. The fraction of sp³-hybridized carbons (Fsp3) is 0.500. The molecule has 1 atom stereocenters. The number of aliphatic hydroxyl groups is 1. The van der Waals surface area contributed by atoms with E-state index in [4.69, 9.17) is 0 Å². The van der Waals surface area contributed by atoms with E-state index in [0.29, 0.717) is 0 Å². The summed E-state index contributed by atoms with van der Waals surface area (Å²) in [6, 6.07) is 4.23. The molecule has 0 spiro atoms. The van der Waals surface area contributed by atoms with Crippen LogP contribution in [0, 0.1) is 12.8 Å². The third-order valence-corrected chi connectivity index (χ3v) is 3.60. The maximum absolute atomic E-state index is 10.0. The van der Waals surface area contributed by atoms with Crippen molar-refractivity contribution in [2.45, 2.75) is 46.1 Å². The number of hydrogen-bond donors (Lipinski definition) is 1. The second kappa shape index (κ2) is 5.05. The first-order valence-electron chi connectivity index (χ1n) is 6.56. The maximum Gasteiger partial charge on any atom is 0.0830 e. The SMILES string of the molecule is Cc1ccc2c(c1CCC(C)C)C=CCC2O. The minimum Gasteiger partial charge on any atom is -0.388 e. The molecule has 1 heteroatoms. The molecule has 0 fully saturated rings. The van der Waals surface area contributed by atoms with Crippen molar-refractivity contribution >= 4 is 6.08 Å². The lowest BCUT2D eigenvalue weighted by atomic mass is 9.86. The van der Waals surface area contributed by atoms with Crippen LogP contribution in [-0.4, -0.2) is 5.11 Å². The van der Waals surface area contributed by atoms with Crippen LogP contribution in [-0.2, 0) is 6.42 Å². The summed E-state index contributed by atoms with van der Waals surface area (Å²) in [5.41, 5.74) is 5.15. The van der Waals surface area contributed by atoms with Gasteiger partial charge < -0.3 is 5.11 Å². The van der Waals surface area contributed by atoms with Crippen molar-refractivity contribution < 1.29 is 5.11 Å². The molecule has 1 nitrogen and oxygen atoms in total. The number of hydrogen-bond acceptors (Lipinski definition) is 1. The van der Waals surface area contributed by atoms with E-state index in [2.05, 4.69) is 45.1 Å². The van der Waals surface area contributed by atoms with Gasteiger partial charge in [0.15, 0.2) is 0 Å². The Labute approximate surface area is 104 Å². The largest absolute Gasteiger partial charge is 0.388 e. The van der Waals surface area contributed by atoms with E-state index in [1.807, 2.05) is 0 Å². The first-order chi connectivity index (χ1) is 8.09. The minimum absolute atomic E-state index is 0.312. The average Bonchev–Trinajstić information content (AvgIpc) is 2.27. The van der Waals surface area contributed by atoms with E-state index in [0.717, 1.165) is 24.3 Å². The van der Waals surface area contributed by atoms with Gasteiger partial charge in [0.2, 0.25) is 0 Å². The molecule has 0 saturated carbocycles. The van der Waals surface area contributed by atoms with Crippen molar-refractivity contribution in [2.24, 2.45) is 5.92 Å². The van der Waals surface area contributed by atoms with Crippen LogP contribution in [0.5, 0.6) is 0 Å². The predicted molar refractivity (Wildman–Crippen MR) is 72.9 cm³/mol. The maximum atomic E-state index is 10.0.